The van der Waals surface area contributed by atoms with Crippen LogP contribution in [-0.4, -0.2) is 22.2 Å². The molecule has 0 bridgehead atoms. The maximum atomic E-state index is 10.2. The Kier molecular flexibility index (Phi) is 2.76. The lowest BCUT2D eigenvalue weighted by Crippen LogP contribution is -1.91. The second kappa shape index (κ2) is 4.77. The Hall–Kier alpha value is -3.01. The van der Waals surface area contributed by atoms with E-state index < -0.39 is 0 Å². The van der Waals surface area contributed by atoms with E-state index in [0.717, 1.165) is 21.9 Å². The first-order valence-corrected chi connectivity index (χ1v) is 7.02. The molecule has 22 heavy (non-hydrogen) atoms. The summed E-state index contributed by atoms with van der Waals surface area (Å²) in [4.78, 5) is 7.97. The van der Waals surface area contributed by atoms with Crippen molar-refractivity contribution in [2.24, 2.45) is 0 Å². The molecule has 2 N–H and O–H groups in total. The van der Waals surface area contributed by atoms with Crippen LogP contribution in [0.2, 0.25) is 0 Å². The number of H-pyrrole nitrogens is 1. The minimum atomic E-state index is 0.155. The van der Waals surface area contributed by atoms with E-state index in [2.05, 4.69) is 16.0 Å². The first-order chi connectivity index (χ1) is 10.8. The van der Waals surface area contributed by atoms with Crippen molar-refractivity contribution < 1.29 is 9.84 Å². The molecule has 4 aromatic rings. The lowest BCUT2D eigenvalue weighted by Gasteiger charge is -2.09. The number of hydrogen-bond donors (Lipinski definition) is 2. The highest BCUT2D eigenvalue weighted by Crippen LogP contribution is 2.37. The topological polar surface area (TPSA) is 58.1 Å². The van der Waals surface area contributed by atoms with Gasteiger partial charge < -0.3 is 14.8 Å². The fraction of sp³-hybridized carbons (Fsp3) is 0.0556. The number of nitrogens with one attached hydrogen (secondary N) is 1. The summed E-state index contributed by atoms with van der Waals surface area (Å²) in [6, 6.07) is 17.2. The van der Waals surface area contributed by atoms with E-state index in [-0.39, 0.29) is 5.75 Å². The minimum absolute atomic E-state index is 0.155. The van der Waals surface area contributed by atoms with Gasteiger partial charge >= 0.3 is 0 Å². The van der Waals surface area contributed by atoms with Gasteiger partial charge in [-0.2, -0.15) is 0 Å². The summed E-state index contributed by atoms with van der Waals surface area (Å²) in [6.07, 6.45) is 0. The molecule has 4 rings (SSSR count). The molecular weight excluding hydrogens is 276 g/mol. The van der Waals surface area contributed by atoms with Crippen molar-refractivity contribution in [1.29, 1.82) is 0 Å². The number of benzene rings is 2. The monoisotopic (exact) mass is 290 g/mol. The number of methoxy groups -OCH3 is 1. The molecule has 0 fully saturated rings. The minimum Gasteiger partial charge on any atom is -0.507 e. The van der Waals surface area contributed by atoms with Gasteiger partial charge in [-0.15, -0.1) is 0 Å². The number of hydrogen-bond acceptors (Lipinski definition) is 3. The summed E-state index contributed by atoms with van der Waals surface area (Å²) in [5, 5.41) is 12.4. The standard InChI is InChI=1S/C18H14N2O2/c1-22-16-8-4-7-15(21)17(16)14-10-9-12-11-5-2-3-6-13(11)19-18(12)20-14/h2-10,21H,1H3,(H,19,20). The van der Waals surface area contributed by atoms with Crippen molar-refractivity contribution in [1.82, 2.24) is 9.97 Å². The first-order valence-electron chi connectivity index (χ1n) is 7.02. The van der Waals surface area contributed by atoms with E-state index in [1.807, 2.05) is 36.4 Å². The zero-order chi connectivity index (χ0) is 15.1. The average Bonchev–Trinajstić information content (AvgIpc) is 2.92. The molecule has 0 radical (unpaired) electrons. The predicted octanol–water partition coefficient (Wildman–Crippen LogP) is 4.10. The van der Waals surface area contributed by atoms with Crippen molar-refractivity contribution >= 4 is 21.9 Å². The van der Waals surface area contributed by atoms with Gasteiger partial charge in [-0.25, -0.2) is 4.98 Å². The van der Waals surface area contributed by atoms with Crippen molar-refractivity contribution in [2.75, 3.05) is 7.11 Å². The Balaban J connectivity index is 1.99. The molecule has 4 nitrogen and oxygen atoms in total. The fourth-order valence-electron chi connectivity index (χ4n) is 2.81. The number of phenolic OH excluding ortho intramolecular Hbond substituents is 1. The van der Waals surface area contributed by atoms with Crippen molar-refractivity contribution in [3.8, 4) is 22.8 Å². The molecule has 0 aliphatic heterocycles. The van der Waals surface area contributed by atoms with E-state index in [0.29, 0.717) is 17.0 Å². The molecule has 0 saturated heterocycles. The molecule has 0 atom stereocenters. The molecular formula is C18H14N2O2. The Morgan fingerprint density at radius 3 is 2.68 bits per heavy atom. The smallest absolute Gasteiger partial charge is 0.139 e. The van der Waals surface area contributed by atoms with E-state index in [9.17, 15) is 5.11 Å². The Labute approximate surface area is 127 Å². The summed E-state index contributed by atoms with van der Waals surface area (Å²) in [6.45, 7) is 0. The molecule has 0 unspecified atom stereocenters. The third-order valence-electron chi connectivity index (χ3n) is 3.85. The van der Waals surface area contributed by atoms with Crippen LogP contribution in [0.1, 0.15) is 0 Å². The zero-order valence-corrected chi connectivity index (χ0v) is 12.0. The SMILES string of the molecule is COc1cccc(O)c1-c1ccc2c(n1)[nH]c1ccccc12. The molecule has 108 valence electrons. The van der Waals surface area contributed by atoms with Gasteiger partial charge in [0.15, 0.2) is 0 Å². The zero-order valence-electron chi connectivity index (χ0n) is 12.0. The normalized spacial score (nSPS) is 11.1. The number of para-hydroxylation sites is 1. The number of pyridine rings is 1. The predicted molar refractivity (Wildman–Crippen MR) is 87.3 cm³/mol. The second-order valence-electron chi connectivity index (χ2n) is 5.12. The van der Waals surface area contributed by atoms with Crippen molar-refractivity contribution in [3.63, 3.8) is 0 Å². The molecule has 0 aliphatic carbocycles. The van der Waals surface area contributed by atoms with Gasteiger partial charge in [0.1, 0.15) is 17.1 Å². The number of aromatic hydroxyl groups is 1. The number of rotatable bonds is 2. The Bertz CT molecular complexity index is 989. The summed E-state index contributed by atoms with van der Waals surface area (Å²) >= 11 is 0. The molecule has 0 amide bonds. The van der Waals surface area contributed by atoms with Gasteiger partial charge in [-0.1, -0.05) is 24.3 Å². The highest BCUT2D eigenvalue weighted by molar-refractivity contribution is 6.06. The molecule has 4 heteroatoms. The summed E-state index contributed by atoms with van der Waals surface area (Å²) < 4.78 is 5.34. The van der Waals surface area contributed by atoms with E-state index in [4.69, 9.17) is 4.74 Å². The van der Waals surface area contributed by atoms with Crippen molar-refractivity contribution in [2.45, 2.75) is 0 Å². The number of fused-ring (bicyclic) bond motifs is 3. The third kappa shape index (κ3) is 1.81. The van der Waals surface area contributed by atoms with Gasteiger partial charge in [0.25, 0.3) is 0 Å². The van der Waals surface area contributed by atoms with Crippen LogP contribution in [-0.2, 0) is 0 Å². The fourth-order valence-corrected chi connectivity index (χ4v) is 2.81. The molecule has 2 heterocycles. The van der Waals surface area contributed by atoms with Gasteiger partial charge in [-0.3, -0.25) is 0 Å². The van der Waals surface area contributed by atoms with Crippen LogP contribution in [0.4, 0.5) is 0 Å². The average molecular weight is 290 g/mol. The largest absolute Gasteiger partial charge is 0.507 e. The van der Waals surface area contributed by atoms with Gasteiger partial charge in [0.05, 0.1) is 18.4 Å². The number of aromatic amines is 1. The molecule has 2 aromatic heterocycles. The van der Waals surface area contributed by atoms with Crippen LogP contribution in [0.15, 0.2) is 54.6 Å². The van der Waals surface area contributed by atoms with Gasteiger partial charge in [0.2, 0.25) is 0 Å². The van der Waals surface area contributed by atoms with E-state index in [1.54, 1.807) is 19.2 Å². The van der Waals surface area contributed by atoms with Gasteiger partial charge in [-0.05, 0) is 30.3 Å². The molecule has 0 spiro atoms. The van der Waals surface area contributed by atoms with Crippen LogP contribution in [0.25, 0.3) is 33.2 Å². The van der Waals surface area contributed by atoms with Gasteiger partial charge in [0, 0.05) is 16.3 Å². The highest BCUT2D eigenvalue weighted by atomic mass is 16.5. The maximum Gasteiger partial charge on any atom is 0.139 e. The van der Waals surface area contributed by atoms with E-state index in [1.165, 1.54) is 0 Å². The number of aromatic nitrogens is 2. The van der Waals surface area contributed by atoms with Crippen LogP contribution in [0.5, 0.6) is 11.5 Å². The summed E-state index contributed by atoms with van der Waals surface area (Å²) in [5.41, 5.74) is 3.12. The summed E-state index contributed by atoms with van der Waals surface area (Å²) in [5.74, 6) is 0.755. The van der Waals surface area contributed by atoms with E-state index >= 15 is 0 Å². The molecule has 2 aromatic carbocycles. The van der Waals surface area contributed by atoms with Crippen molar-refractivity contribution in [3.05, 3.63) is 54.6 Å². The van der Waals surface area contributed by atoms with Crippen LogP contribution < -0.4 is 4.74 Å². The number of phenols is 1. The summed E-state index contributed by atoms with van der Waals surface area (Å²) in [7, 11) is 1.58. The Morgan fingerprint density at radius 2 is 1.82 bits per heavy atom. The lowest BCUT2D eigenvalue weighted by atomic mass is 10.1. The number of nitrogens with zero attached hydrogens (tertiary/aromatic N) is 1. The lowest BCUT2D eigenvalue weighted by molar-refractivity contribution is 0.410. The number of ether oxygens (including phenoxy) is 1. The maximum absolute atomic E-state index is 10.2. The molecule has 0 aliphatic rings. The third-order valence-corrected chi connectivity index (χ3v) is 3.85. The highest BCUT2D eigenvalue weighted by Gasteiger charge is 2.14. The van der Waals surface area contributed by atoms with Crippen LogP contribution >= 0.6 is 0 Å². The quantitative estimate of drug-likeness (QED) is 0.584. The van der Waals surface area contributed by atoms with Crippen LogP contribution in [0.3, 0.4) is 0 Å². The second-order valence-corrected chi connectivity index (χ2v) is 5.12. The Morgan fingerprint density at radius 1 is 0.955 bits per heavy atom. The van der Waals surface area contributed by atoms with Crippen LogP contribution in [0, 0.1) is 0 Å². The first kappa shape index (κ1) is 12.7. The molecule has 0 saturated carbocycles.